The van der Waals surface area contributed by atoms with Gasteiger partial charge in [-0.1, -0.05) is 51.6 Å². The molecule has 12 heteroatoms. The van der Waals surface area contributed by atoms with Gasteiger partial charge in [-0.3, -0.25) is 19.2 Å². The number of nitrogens with zero attached hydrogens (tertiary/aromatic N) is 1. The van der Waals surface area contributed by atoms with Crippen LogP contribution in [0.5, 0.6) is 11.5 Å². The number of hydrogen-bond acceptors (Lipinski definition) is 7. The molecule has 0 amide bonds. The van der Waals surface area contributed by atoms with Crippen LogP contribution in [0.3, 0.4) is 0 Å². The predicted octanol–water partition coefficient (Wildman–Crippen LogP) is 5.33. The lowest BCUT2D eigenvalue weighted by atomic mass is 10.1. The third-order valence-corrected chi connectivity index (χ3v) is 4.59. The molecule has 0 saturated heterocycles. The fourth-order valence-corrected chi connectivity index (χ4v) is 2.95. The number of carbonyl (C=O) groups excluding carboxylic acids is 2. The fourth-order valence-electron chi connectivity index (χ4n) is 2.36. The second-order valence-corrected chi connectivity index (χ2v) is 8.39. The van der Waals surface area contributed by atoms with Crippen LogP contribution in [0.1, 0.15) is 70.4 Å². The molecule has 2 heterocycles. The van der Waals surface area contributed by atoms with E-state index in [9.17, 15) is 29.4 Å². The summed E-state index contributed by atoms with van der Waals surface area (Å²) in [6.07, 6.45) is 7.37. The highest BCUT2D eigenvalue weighted by Crippen LogP contribution is 2.22. The van der Waals surface area contributed by atoms with Gasteiger partial charge in [0, 0.05) is 35.9 Å². The molecule has 200 valence electrons. The normalized spacial score (nSPS) is 9.25. The standard InChI is InChI=1S/C8H10ClNO2.C8H11NO2.C5H9N.C3H2Cl2O2/c1-2-3-5-6(11)4-7(12)10-8(5)9;1-2-3-6-5-9-8(11)4-7(6)10;1-2-3-4-5-6;4-2(6)1-3(5)7/h4H,2-3H2,1H3,(H2,10,11,12);4-5H,2-3H2,1H3,(H2,9,10,11);2-4H2,1H3;1H2. The Bertz CT molecular complexity index is 1060. The number of aromatic hydroxyl groups is 2. The van der Waals surface area contributed by atoms with Crippen molar-refractivity contribution < 1.29 is 19.8 Å². The largest absolute Gasteiger partial charge is 0.507 e. The Kier molecular flexibility index (Phi) is 21.1. The third-order valence-electron chi connectivity index (χ3n) is 4.00. The summed E-state index contributed by atoms with van der Waals surface area (Å²) < 4.78 is 0. The molecular weight excluding hydrogens is 533 g/mol. The van der Waals surface area contributed by atoms with Crippen LogP contribution in [0.15, 0.2) is 27.9 Å². The van der Waals surface area contributed by atoms with Crippen LogP contribution in [0.2, 0.25) is 5.15 Å². The first-order chi connectivity index (χ1) is 16.9. The van der Waals surface area contributed by atoms with Crippen molar-refractivity contribution in [3.8, 4) is 17.6 Å². The molecule has 36 heavy (non-hydrogen) atoms. The first-order valence-electron chi connectivity index (χ1n) is 11.2. The molecule has 2 rings (SSSR count). The number of rotatable bonds is 8. The Balaban J connectivity index is 0. The highest BCUT2D eigenvalue weighted by molar-refractivity contribution is 6.72. The van der Waals surface area contributed by atoms with Crippen LogP contribution in [0.25, 0.3) is 0 Å². The number of aromatic amines is 2. The number of nitriles is 1. The summed E-state index contributed by atoms with van der Waals surface area (Å²) in [5.41, 5.74) is 0.769. The minimum absolute atomic E-state index is 0.0226. The van der Waals surface area contributed by atoms with Gasteiger partial charge in [-0.25, -0.2) is 0 Å². The first-order valence-corrected chi connectivity index (χ1v) is 12.3. The SMILES string of the molecule is CCCCC#N.CCCc1c(O)cc(=O)[nH]c1Cl.CCCc1c[nH]c(=O)cc1O.O=C(Cl)CC(=O)Cl. The number of unbranched alkanes of at least 4 members (excludes halogenated alkanes) is 2. The van der Waals surface area contributed by atoms with Gasteiger partial charge in [-0.05, 0) is 42.5 Å². The van der Waals surface area contributed by atoms with E-state index in [0.717, 1.165) is 50.2 Å². The lowest BCUT2D eigenvalue weighted by molar-refractivity contribution is -0.118. The lowest BCUT2D eigenvalue weighted by Crippen LogP contribution is -2.05. The predicted molar refractivity (Wildman–Crippen MR) is 142 cm³/mol. The van der Waals surface area contributed by atoms with Gasteiger partial charge >= 0.3 is 0 Å². The number of pyridine rings is 2. The smallest absolute Gasteiger partial charge is 0.252 e. The number of H-pyrrole nitrogens is 2. The van der Waals surface area contributed by atoms with Gasteiger partial charge < -0.3 is 20.2 Å². The maximum atomic E-state index is 10.8. The molecule has 0 atom stereocenters. The molecule has 0 saturated carbocycles. The van der Waals surface area contributed by atoms with Gasteiger partial charge in [0.2, 0.25) is 10.5 Å². The van der Waals surface area contributed by atoms with E-state index >= 15 is 0 Å². The van der Waals surface area contributed by atoms with Crippen molar-refractivity contribution in [2.75, 3.05) is 0 Å². The summed E-state index contributed by atoms with van der Waals surface area (Å²) in [5, 5.41) is 25.2. The summed E-state index contributed by atoms with van der Waals surface area (Å²) in [4.78, 5) is 45.8. The van der Waals surface area contributed by atoms with Crippen molar-refractivity contribution in [3.05, 3.63) is 55.3 Å². The molecule has 0 fully saturated rings. The van der Waals surface area contributed by atoms with E-state index in [2.05, 4.69) is 23.0 Å². The second-order valence-electron chi connectivity index (χ2n) is 7.17. The lowest BCUT2D eigenvalue weighted by Gasteiger charge is -2.03. The highest BCUT2D eigenvalue weighted by atomic mass is 35.5. The molecule has 0 aliphatic carbocycles. The number of nitrogens with one attached hydrogen (secondary N) is 2. The van der Waals surface area contributed by atoms with Gasteiger partial charge in [0.25, 0.3) is 11.1 Å². The van der Waals surface area contributed by atoms with Gasteiger partial charge in [-0.2, -0.15) is 5.26 Å². The van der Waals surface area contributed by atoms with Crippen LogP contribution in [-0.2, 0) is 22.4 Å². The molecule has 2 aromatic rings. The molecule has 0 unspecified atom stereocenters. The van der Waals surface area contributed by atoms with Crippen LogP contribution in [-0.4, -0.2) is 30.7 Å². The number of aryl methyl sites for hydroxylation is 1. The van der Waals surface area contributed by atoms with E-state index < -0.39 is 10.5 Å². The molecule has 9 nitrogen and oxygen atoms in total. The summed E-state index contributed by atoms with van der Waals surface area (Å²) in [6, 6.07) is 4.40. The minimum Gasteiger partial charge on any atom is -0.507 e. The summed E-state index contributed by atoms with van der Waals surface area (Å²) in [5.74, 6) is 0.0706. The van der Waals surface area contributed by atoms with Crippen LogP contribution in [0, 0.1) is 11.3 Å². The zero-order valence-corrected chi connectivity index (χ0v) is 22.8. The van der Waals surface area contributed by atoms with Gasteiger partial charge in [0.15, 0.2) is 0 Å². The molecule has 0 aliphatic rings. The van der Waals surface area contributed by atoms with Crippen molar-refractivity contribution in [1.29, 1.82) is 5.26 Å². The Labute approximate surface area is 225 Å². The zero-order valence-electron chi connectivity index (χ0n) is 20.5. The van der Waals surface area contributed by atoms with E-state index in [1.165, 1.54) is 6.07 Å². The first kappa shape index (κ1) is 35.4. The molecule has 2 aromatic heterocycles. The van der Waals surface area contributed by atoms with Gasteiger partial charge in [-0.15, -0.1) is 0 Å². The third kappa shape index (κ3) is 18.5. The number of hydrogen-bond donors (Lipinski definition) is 4. The number of halogens is 3. The Hall–Kier alpha value is -2.80. The molecule has 0 spiro atoms. The van der Waals surface area contributed by atoms with Crippen LogP contribution < -0.4 is 11.1 Å². The molecule has 0 aromatic carbocycles. The second kappa shape index (κ2) is 21.5. The molecular formula is C24H32Cl3N3O6. The number of aromatic nitrogens is 2. The van der Waals surface area contributed by atoms with E-state index in [4.69, 9.17) is 40.1 Å². The van der Waals surface area contributed by atoms with Crippen molar-refractivity contribution >= 4 is 45.3 Å². The topological polar surface area (TPSA) is 164 Å². The van der Waals surface area contributed by atoms with Crippen molar-refractivity contribution in [3.63, 3.8) is 0 Å². The Morgan fingerprint density at radius 2 is 1.50 bits per heavy atom. The Morgan fingerprint density at radius 1 is 0.944 bits per heavy atom. The maximum Gasteiger partial charge on any atom is 0.252 e. The van der Waals surface area contributed by atoms with Gasteiger partial charge in [0.1, 0.15) is 16.7 Å². The summed E-state index contributed by atoms with van der Waals surface area (Å²) in [6.45, 7) is 6.07. The fraction of sp³-hybridized carbons (Fsp3) is 0.458. The van der Waals surface area contributed by atoms with Crippen molar-refractivity contribution in [1.82, 2.24) is 9.97 Å². The molecule has 4 N–H and O–H groups in total. The molecule has 0 bridgehead atoms. The quantitative estimate of drug-likeness (QED) is 0.146. The maximum absolute atomic E-state index is 10.8. The van der Waals surface area contributed by atoms with E-state index in [1.807, 2.05) is 13.8 Å². The highest BCUT2D eigenvalue weighted by Gasteiger charge is 2.06. The monoisotopic (exact) mass is 563 g/mol. The van der Waals surface area contributed by atoms with E-state index in [-0.39, 0.29) is 34.2 Å². The average molecular weight is 565 g/mol. The van der Waals surface area contributed by atoms with Crippen LogP contribution >= 0.6 is 34.8 Å². The molecule has 0 aliphatic heterocycles. The van der Waals surface area contributed by atoms with Crippen LogP contribution in [0.4, 0.5) is 0 Å². The average Bonchev–Trinajstić information content (AvgIpc) is 2.77. The number of carbonyl (C=O) groups is 2. The zero-order chi connectivity index (χ0) is 28.1. The molecule has 0 radical (unpaired) electrons. The Morgan fingerprint density at radius 3 is 1.86 bits per heavy atom. The summed E-state index contributed by atoms with van der Waals surface area (Å²) >= 11 is 15.2. The van der Waals surface area contributed by atoms with E-state index in [0.29, 0.717) is 12.0 Å². The van der Waals surface area contributed by atoms with E-state index in [1.54, 1.807) is 6.20 Å². The van der Waals surface area contributed by atoms with Gasteiger partial charge in [0.05, 0.1) is 12.5 Å². The minimum atomic E-state index is -0.722. The van der Waals surface area contributed by atoms with Crippen molar-refractivity contribution in [2.24, 2.45) is 0 Å². The summed E-state index contributed by atoms with van der Waals surface area (Å²) in [7, 11) is 0. The van der Waals surface area contributed by atoms with Crippen molar-refractivity contribution in [2.45, 2.75) is 72.1 Å².